The highest BCUT2D eigenvalue weighted by Gasteiger charge is 2.26. The number of ether oxygens (including phenoxy) is 1. The number of thioether (sulfide) groups is 1. The number of ketones is 1. The van der Waals surface area contributed by atoms with Crippen LogP contribution in [0.4, 0.5) is 0 Å². The molecule has 0 fully saturated rings. The van der Waals surface area contributed by atoms with E-state index < -0.39 is 0 Å². The quantitative estimate of drug-likeness (QED) is 0.735. The molecule has 0 saturated heterocycles. The maximum absolute atomic E-state index is 12.3. The molecule has 0 N–H and O–H groups in total. The first-order valence-corrected chi connectivity index (χ1v) is 8.44. The molecular weight excluding hydrogens is 383 g/mol. The third kappa shape index (κ3) is 3.17. The fraction of sp³-hybridized carbons (Fsp3) is 0.188. The van der Waals surface area contributed by atoms with Crippen molar-refractivity contribution < 1.29 is 9.53 Å². The summed E-state index contributed by atoms with van der Waals surface area (Å²) >= 11 is 3.95. The van der Waals surface area contributed by atoms with Gasteiger partial charge >= 0.3 is 0 Å². The van der Waals surface area contributed by atoms with Gasteiger partial charge in [0, 0.05) is 20.6 Å². The fourth-order valence-corrected chi connectivity index (χ4v) is 3.47. The van der Waals surface area contributed by atoms with Gasteiger partial charge in [-0.3, -0.25) is 4.79 Å². The Kier molecular flexibility index (Phi) is 4.31. The number of benzene rings is 2. The van der Waals surface area contributed by atoms with Gasteiger partial charge in [0.25, 0.3) is 0 Å². The third-order valence-electron chi connectivity index (χ3n) is 3.16. The van der Waals surface area contributed by atoms with Crippen LogP contribution in [0.2, 0.25) is 0 Å². The van der Waals surface area contributed by atoms with Gasteiger partial charge in [-0.1, -0.05) is 24.3 Å². The Labute approximate surface area is 136 Å². The minimum absolute atomic E-state index is 0.146. The average molecular weight is 396 g/mol. The molecule has 2 aromatic rings. The molecule has 2 nitrogen and oxygen atoms in total. The average Bonchev–Trinajstić information content (AvgIpc) is 2.49. The molecule has 3 rings (SSSR count). The Morgan fingerprint density at radius 2 is 1.95 bits per heavy atom. The molecule has 2 aromatic carbocycles. The standard InChI is InChI=1S/C16H13IO2S/c17-12-7-5-11(6-8-12)9-13(18)15-10-20-16-4-2-1-3-14(16)19-15/h1-8,15H,9-10H2. The van der Waals surface area contributed by atoms with Crippen molar-refractivity contribution in [1.29, 1.82) is 0 Å². The Hall–Kier alpha value is -1.01. The summed E-state index contributed by atoms with van der Waals surface area (Å²) < 4.78 is 7.00. The van der Waals surface area contributed by atoms with Crippen LogP contribution in [-0.2, 0) is 11.2 Å². The molecule has 20 heavy (non-hydrogen) atoms. The highest BCUT2D eigenvalue weighted by molar-refractivity contribution is 14.1. The van der Waals surface area contributed by atoms with E-state index in [1.807, 2.05) is 48.5 Å². The normalized spacial score (nSPS) is 17.1. The van der Waals surface area contributed by atoms with E-state index >= 15 is 0 Å². The summed E-state index contributed by atoms with van der Waals surface area (Å²) in [6, 6.07) is 15.9. The number of rotatable bonds is 3. The molecule has 0 radical (unpaired) electrons. The van der Waals surface area contributed by atoms with Gasteiger partial charge in [0.05, 0.1) is 0 Å². The second kappa shape index (κ2) is 6.18. The number of fused-ring (bicyclic) bond motifs is 1. The molecule has 0 aromatic heterocycles. The van der Waals surface area contributed by atoms with Gasteiger partial charge in [0.15, 0.2) is 11.9 Å². The van der Waals surface area contributed by atoms with Crippen LogP contribution in [0.15, 0.2) is 53.4 Å². The maximum atomic E-state index is 12.3. The van der Waals surface area contributed by atoms with E-state index in [1.54, 1.807) is 11.8 Å². The number of carbonyl (C=O) groups excluding carboxylic acids is 1. The lowest BCUT2D eigenvalue weighted by atomic mass is 10.1. The zero-order chi connectivity index (χ0) is 13.9. The zero-order valence-corrected chi connectivity index (χ0v) is 13.7. The predicted octanol–water partition coefficient (Wildman–Crippen LogP) is 3.96. The summed E-state index contributed by atoms with van der Waals surface area (Å²) in [5.74, 6) is 1.66. The lowest BCUT2D eigenvalue weighted by Crippen LogP contribution is -2.33. The van der Waals surface area contributed by atoms with Gasteiger partial charge in [0.2, 0.25) is 0 Å². The highest BCUT2D eigenvalue weighted by atomic mass is 127. The molecule has 0 aliphatic carbocycles. The van der Waals surface area contributed by atoms with E-state index in [0.29, 0.717) is 12.2 Å². The Morgan fingerprint density at radius 3 is 2.75 bits per heavy atom. The molecule has 1 aliphatic heterocycles. The van der Waals surface area contributed by atoms with Crippen molar-refractivity contribution >= 4 is 40.1 Å². The second-order valence-corrected chi connectivity index (χ2v) is 6.94. The monoisotopic (exact) mass is 396 g/mol. The van der Waals surface area contributed by atoms with Crippen molar-refractivity contribution in [3.63, 3.8) is 0 Å². The summed E-state index contributed by atoms with van der Waals surface area (Å²) in [5.41, 5.74) is 1.04. The van der Waals surface area contributed by atoms with Crippen molar-refractivity contribution in [2.75, 3.05) is 5.75 Å². The van der Waals surface area contributed by atoms with Crippen LogP contribution in [-0.4, -0.2) is 17.6 Å². The molecule has 0 bridgehead atoms. The van der Waals surface area contributed by atoms with E-state index in [1.165, 1.54) is 3.57 Å². The number of carbonyl (C=O) groups is 1. The van der Waals surface area contributed by atoms with Crippen molar-refractivity contribution in [3.8, 4) is 5.75 Å². The van der Waals surface area contributed by atoms with Crippen LogP contribution in [0.25, 0.3) is 0 Å². The minimum Gasteiger partial charge on any atom is -0.481 e. The molecule has 1 aliphatic rings. The van der Waals surface area contributed by atoms with Crippen molar-refractivity contribution in [3.05, 3.63) is 57.7 Å². The van der Waals surface area contributed by atoms with Crippen LogP contribution in [0.5, 0.6) is 5.75 Å². The lowest BCUT2D eigenvalue weighted by molar-refractivity contribution is -0.124. The zero-order valence-electron chi connectivity index (χ0n) is 10.7. The summed E-state index contributed by atoms with van der Waals surface area (Å²) in [7, 11) is 0. The van der Waals surface area contributed by atoms with Crippen LogP contribution in [0.1, 0.15) is 5.56 Å². The molecular formula is C16H13IO2S. The molecule has 1 heterocycles. The highest BCUT2D eigenvalue weighted by Crippen LogP contribution is 2.35. The molecule has 102 valence electrons. The second-order valence-electron chi connectivity index (χ2n) is 4.63. The molecule has 4 heteroatoms. The molecule has 0 spiro atoms. The fourth-order valence-electron chi connectivity index (χ4n) is 2.10. The lowest BCUT2D eigenvalue weighted by Gasteiger charge is -2.24. The van der Waals surface area contributed by atoms with E-state index in [9.17, 15) is 4.79 Å². The topological polar surface area (TPSA) is 26.3 Å². The number of hydrogen-bond acceptors (Lipinski definition) is 3. The smallest absolute Gasteiger partial charge is 0.178 e. The van der Waals surface area contributed by atoms with Gasteiger partial charge in [-0.25, -0.2) is 0 Å². The van der Waals surface area contributed by atoms with Gasteiger partial charge in [-0.15, -0.1) is 11.8 Å². The van der Waals surface area contributed by atoms with Gasteiger partial charge in [0.1, 0.15) is 5.75 Å². The van der Waals surface area contributed by atoms with Crippen LogP contribution in [0, 0.1) is 3.57 Å². The summed E-state index contributed by atoms with van der Waals surface area (Å²) in [6.07, 6.45) is 0.0961. The molecule has 0 amide bonds. The predicted molar refractivity (Wildman–Crippen MR) is 89.5 cm³/mol. The third-order valence-corrected chi connectivity index (χ3v) is 5.00. The number of hydrogen-bond donors (Lipinski definition) is 0. The SMILES string of the molecule is O=C(Cc1ccc(I)cc1)C1CSc2ccccc2O1. The Morgan fingerprint density at radius 1 is 1.20 bits per heavy atom. The molecule has 1 atom stereocenters. The summed E-state index contributed by atoms with van der Waals surface area (Å²) in [5, 5.41) is 0. The van der Waals surface area contributed by atoms with E-state index in [-0.39, 0.29) is 11.9 Å². The summed E-state index contributed by atoms with van der Waals surface area (Å²) in [4.78, 5) is 13.4. The number of para-hydroxylation sites is 1. The number of halogens is 1. The van der Waals surface area contributed by atoms with Crippen molar-refractivity contribution in [2.24, 2.45) is 0 Å². The molecule has 0 saturated carbocycles. The number of Topliss-reactive ketones (excluding diaryl/α,β-unsaturated/α-hetero) is 1. The minimum atomic E-state index is -0.339. The molecule has 1 unspecified atom stereocenters. The van der Waals surface area contributed by atoms with Crippen molar-refractivity contribution in [2.45, 2.75) is 17.4 Å². The van der Waals surface area contributed by atoms with Crippen LogP contribution in [0.3, 0.4) is 0 Å². The first-order chi connectivity index (χ1) is 9.72. The largest absolute Gasteiger partial charge is 0.481 e. The Bertz CT molecular complexity index is 625. The Balaban J connectivity index is 1.68. The summed E-state index contributed by atoms with van der Waals surface area (Å²) in [6.45, 7) is 0. The van der Waals surface area contributed by atoms with Crippen LogP contribution >= 0.6 is 34.4 Å². The first kappa shape index (κ1) is 13.9. The van der Waals surface area contributed by atoms with Gasteiger partial charge in [-0.05, 0) is 52.4 Å². The maximum Gasteiger partial charge on any atom is 0.178 e. The van der Waals surface area contributed by atoms with E-state index in [2.05, 4.69) is 22.6 Å². The van der Waals surface area contributed by atoms with Gasteiger partial charge in [-0.2, -0.15) is 0 Å². The van der Waals surface area contributed by atoms with Gasteiger partial charge < -0.3 is 4.74 Å². The van der Waals surface area contributed by atoms with E-state index in [0.717, 1.165) is 16.2 Å². The van der Waals surface area contributed by atoms with Crippen molar-refractivity contribution in [1.82, 2.24) is 0 Å². The van der Waals surface area contributed by atoms with Crippen LogP contribution < -0.4 is 4.74 Å². The first-order valence-electron chi connectivity index (χ1n) is 6.38. The van der Waals surface area contributed by atoms with E-state index in [4.69, 9.17) is 4.74 Å².